The second-order valence-corrected chi connectivity index (χ2v) is 4.76. The minimum absolute atomic E-state index is 0.808. The first kappa shape index (κ1) is 8.92. The van der Waals surface area contributed by atoms with Gasteiger partial charge in [0.25, 0.3) is 0 Å². The summed E-state index contributed by atoms with van der Waals surface area (Å²) in [6, 6.07) is 8.65. The van der Waals surface area contributed by atoms with Gasteiger partial charge in [0.05, 0.1) is 0 Å². The average Bonchev–Trinajstić information content (AvgIpc) is 3.00. The van der Waals surface area contributed by atoms with Crippen LogP contribution in [0.4, 0.5) is 10.8 Å². The minimum atomic E-state index is 0.808. The second-order valence-electron chi connectivity index (χ2n) is 3.86. The Hall–Kier alpha value is -1.35. The molecule has 0 atom stereocenters. The molecule has 0 radical (unpaired) electrons. The first-order valence-electron chi connectivity index (χ1n) is 5.18. The number of thiazole rings is 1. The van der Waals surface area contributed by atoms with Gasteiger partial charge in [-0.15, -0.1) is 11.3 Å². The van der Waals surface area contributed by atoms with Crippen molar-refractivity contribution in [1.29, 1.82) is 0 Å². The average molecular weight is 216 g/mol. The largest absolute Gasteiger partial charge is 0.332 e. The van der Waals surface area contributed by atoms with E-state index in [4.69, 9.17) is 0 Å². The molecular formula is C12H12N2S. The smallest absolute Gasteiger partial charge is 0.187 e. The van der Waals surface area contributed by atoms with Gasteiger partial charge in [0.1, 0.15) is 0 Å². The maximum atomic E-state index is 4.21. The minimum Gasteiger partial charge on any atom is -0.332 e. The van der Waals surface area contributed by atoms with Crippen molar-refractivity contribution < 1.29 is 0 Å². The van der Waals surface area contributed by atoms with Gasteiger partial charge < -0.3 is 5.32 Å². The van der Waals surface area contributed by atoms with Crippen LogP contribution in [0.2, 0.25) is 0 Å². The van der Waals surface area contributed by atoms with Crippen LogP contribution in [-0.2, 0) is 0 Å². The molecule has 1 N–H and O–H groups in total. The van der Waals surface area contributed by atoms with Gasteiger partial charge in [-0.05, 0) is 36.5 Å². The molecule has 3 heteroatoms. The fourth-order valence-electron chi connectivity index (χ4n) is 1.70. The Labute approximate surface area is 93.0 Å². The highest BCUT2D eigenvalue weighted by Crippen LogP contribution is 2.40. The van der Waals surface area contributed by atoms with Crippen LogP contribution in [0.3, 0.4) is 0 Å². The molecule has 76 valence electrons. The van der Waals surface area contributed by atoms with Crippen LogP contribution in [0.15, 0.2) is 35.8 Å². The standard InChI is InChI=1S/C12H12N2S/c1-2-10(9-4-5-9)8-11(3-1)14-12-13-6-7-15-12/h1-3,6-9H,4-5H2,(H,13,14). The summed E-state index contributed by atoms with van der Waals surface area (Å²) in [6.07, 6.45) is 4.51. The number of nitrogens with zero attached hydrogens (tertiary/aromatic N) is 1. The molecule has 0 spiro atoms. The highest BCUT2D eigenvalue weighted by Gasteiger charge is 2.23. The lowest BCUT2D eigenvalue weighted by Gasteiger charge is -2.04. The molecule has 15 heavy (non-hydrogen) atoms. The zero-order chi connectivity index (χ0) is 10.1. The maximum absolute atomic E-state index is 4.21. The lowest BCUT2D eigenvalue weighted by molar-refractivity contribution is 1.13. The highest BCUT2D eigenvalue weighted by atomic mass is 32.1. The number of rotatable bonds is 3. The molecule has 0 bridgehead atoms. The van der Waals surface area contributed by atoms with E-state index in [-0.39, 0.29) is 0 Å². The Kier molecular flexibility index (Phi) is 2.18. The van der Waals surface area contributed by atoms with E-state index in [9.17, 15) is 0 Å². The summed E-state index contributed by atoms with van der Waals surface area (Å²) in [7, 11) is 0. The Bertz CT molecular complexity index is 446. The quantitative estimate of drug-likeness (QED) is 0.845. The van der Waals surface area contributed by atoms with Crippen molar-refractivity contribution in [2.75, 3.05) is 5.32 Å². The zero-order valence-corrected chi connectivity index (χ0v) is 9.13. The molecule has 0 unspecified atom stereocenters. The monoisotopic (exact) mass is 216 g/mol. The molecule has 3 rings (SSSR count). The lowest BCUT2D eigenvalue weighted by atomic mass is 10.1. The predicted molar refractivity (Wildman–Crippen MR) is 63.8 cm³/mol. The summed E-state index contributed by atoms with van der Waals surface area (Å²) in [5.74, 6) is 0.808. The normalized spacial score (nSPS) is 15.2. The van der Waals surface area contributed by atoms with Gasteiger partial charge in [-0.1, -0.05) is 12.1 Å². The molecule has 1 fully saturated rings. The van der Waals surface area contributed by atoms with Gasteiger partial charge in [0.2, 0.25) is 0 Å². The van der Waals surface area contributed by atoms with Crippen molar-refractivity contribution in [3.63, 3.8) is 0 Å². The van der Waals surface area contributed by atoms with Crippen molar-refractivity contribution in [3.05, 3.63) is 41.4 Å². The van der Waals surface area contributed by atoms with Crippen LogP contribution in [0.5, 0.6) is 0 Å². The number of benzene rings is 1. The van der Waals surface area contributed by atoms with Crippen LogP contribution >= 0.6 is 11.3 Å². The molecule has 1 aromatic heterocycles. The predicted octanol–water partition coefficient (Wildman–Crippen LogP) is 3.76. The topological polar surface area (TPSA) is 24.9 Å². The van der Waals surface area contributed by atoms with Gasteiger partial charge in [0.15, 0.2) is 5.13 Å². The van der Waals surface area contributed by atoms with Crippen molar-refractivity contribution in [1.82, 2.24) is 4.98 Å². The Morgan fingerprint density at radius 2 is 2.27 bits per heavy atom. The number of aromatic nitrogens is 1. The molecule has 2 nitrogen and oxygen atoms in total. The third kappa shape index (κ3) is 2.02. The summed E-state index contributed by atoms with van der Waals surface area (Å²) in [6.45, 7) is 0. The number of hydrogen-bond donors (Lipinski definition) is 1. The zero-order valence-electron chi connectivity index (χ0n) is 8.31. The van der Waals surface area contributed by atoms with Gasteiger partial charge in [-0.25, -0.2) is 4.98 Å². The number of anilines is 2. The van der Waals surface area contributed by atoms with E-state index >= 15 is 0 Å². The second kappa shape index (κ2) is 3.66. The fourth-order valence-corrected chi connectivity index (χ4v) is 2.24. The molecular weight excluding hydrogens is 204 g/mol. The SMILES string of the molecule is c1cc(Nc2nccs2)cc(C2CC2)c1. The van der Waals surface area contributed by atoms with E-state index in [2.05, 4.69) is 34.6 Å². The Balaban J connectivity index is 1.82. The molecule has 1 saturated carbocycles. The van der Waals surface area contributed by atoms with Crippen LogP contribution in [-0.4, -0.2) is 4.98 Å². The third-order valence-electron chi connectivity index (χ3n) is 2.62. The van der Waals surface area contributed by atoms with Gasteiger partial charge in [-0.2, -0.15) is 0 Å². The number of nitrogens with one attached hydrogen (secondary N) is 1. The Morgan fingerprint density at radius 1 is 1.33 bits per heavy atom. The van der Waals surface area contributed by atoms with E-state index in [1.54, 1.807) is 11.3 Å². The molecule has 1 aliphatic carbocycles. The maximum Gasteiger partial charge on any atom is 0.187 e. The molecule has 1 aliphatic rings. The van der Waals surface area contributed by atoms with E-state index in [0.29, 0.717) is 0 Å². The van der Waals surface area contributed by atoms with Crippen LogP contribution in [0.25, 0.3) is 0 Å². The summed E-state index contributed by atoms with van der Waals surface area (Å²) < 4.78 is 0. The van der Waals surface area contributed by atoms with Crippen molar-refractivity contribution in [3.8, 4) is 0 Å². The summed E-state index contributed by atoms with van der Waals surface area (Å²) in [4.78, 5) is 4.21. The first-order chi connectivity index (χ1) is 7.42. The van der Waals surface area contributed by atoms with Crippen molar-refractivity contribution >= 4 is 22.2 Å². The first-order valence-corrected chi connectivity index (χ1v) is 6.06. The molecule has 0 aliphatic heterocycles. The van der Waals surface area contributed by atoms with Gasteiger partial charge >= 0.3 is 0 Å². The van der Waals surface area contributed by atoms with E-state index in [1.165, 1.54) is 18.4 Å². The fraction of sp³-hybridized carbons (Fsp3) is 0.250. The molecule has 0 saturated heterocycles. The van der Waals surface area contributed by atoms with Crippen molar-refractivity contribution in [2.45, 2.75) is 18.8 Å². The highest BCUT2D eigenvalue weighted by molar-refractivity contribution is 7.13. The molecule has 1 heterocycles. The number of hydrogen-bond acceptors (Lipinski definition) is 3. The van der Waals surface area contributed by atoms with Crippen LogP contribution in [0.1, 0.15) is 24.3 Å². The van der Waals surface area contributed by atoms with E-state index in [1.807, 2.05) is 11.6 Å². The molecule has 2 aromatic rings. The van der Waals surface area contributed by atoms with Crippen LogP contribution < -0.4 is 5.32 Å². The lowest BCUT2D eigenvalue weighted by Crippen LogP contribution is -1.90. The van der Waals surface area contributed by atoms with E-state index in [0.717, 1.165) is 16.7 Å². The van der Waals surface area contributed by atoms with E-state index < -0.39 is 0 Å². The van der Waals surface area contributed by atoms with Gasteiger partial charge in [0, 0.05) is 17.3 Å². The van der Waals surface area contributed by atoms with Crippen molar-refractivity contribution in [2.24, 2.45) is 0 Å². The van der Waals surface area contributed by atoms with Gasteiger partial charge in [-0.3, -0.25) is 0 Å². The molecule has 0 amide bonds. The Morgan fingerprint density at radius 3 is 3.00 bits per heavy atom. The van der Waals surface area contributed by atoms with Crippen LogP contribution in [0, 0.1) is 0 Å². The summed E-state index contributed by atoms with van der Waals surface area (Å²) in [5, 5.41) is 6.25. The third-order valence-corrected chi connectivity index (χ3v) is 3.31. The summed E-state index contributed by atoms with van der Waals surface area (Å²) >= 11 is 1.63. The summed E-state index contributed by atoms with van der Waals surface area (Å²) in [5.41, 5.74) is 2.60. The molecule has 1 aromatic carbocycles.